The van der Waals surface area contributed by atoms with Crippen molar-refractivity contribution in [1.82, 2.24) is 15.5 Å². The number of ether oxygens (including phenoxy) is 1. The van der Waals surface area contributed by atoms with Gasteiger partial charge in [0.15, 0.2) is 0 Å². The molecular formula is C14H20BrN3O3. The van der Waals surface area contributed by atoms with Crippen LogP contribution in [0.2, 0.25) is 0 Å². The van der Waals surface area contributed by atoms with Gasteiger partial charge < -0.3 is 10.1 Å². The molecule has 1 aromatic carbocycles. The first-order valence-corrected chi connectivity index (χ1v) is 7.34. The molecule has 0 bridgehead atoms. The molecule has 0 aliphatic rings. The number of imide groups is 1. The first-order chi connectivity index (χ1) is 9.93. The molecule has 0 radical (unpaired) electrons. The summed E-state index contributed by atoms with van der Waals surface area (Å²) >= 11 is 3.36. The molecule has 0 fully saturated rings. The predicted molar refractivity (Wildman–Crippen MR) is 84.3 cm³/mol. The van der Waals surface area contributed by atoms with Gasteiger partial charge in [0.05, 0.1) is 6.04 Å². The van der Waals surface area contributed by atoms with Crippen molar-refractivity contribution < 1.29 is 14.3 Å². The smallest absolute Gasteiger partial charge is 0.321 e. The Morgan fingerprint density at radius 3 is 2.52 bits per heavy atom. The first kappa shape index (κ1) is 17.5. The molecular weight excluding hydrogens is 338 g/mol. The van der Waals surface area contributed by atoms with Crippen LogP contribution in [0.1, 0.15) is 6.92 Å². The molecule has 0 heterocycles. The van der Waals surface area contributed by atoms with E-state index in [-0.39, 0.29) is 5.91 Å². The average Bonchev–Trinajstić information content (AvgIpc) is 2.48. The zero-order chi connectivity index (χ0) is 15.8. The number of nitrogens with zero attached hydrogens (tertiary/aromatic N) is 1. The lowest BCUT2D eigenvalue weighted by molar-refractivity contribution is -0.124. The second-order valence-electron chi connectivity index (χ2n) is 4.53. The Hall–Kier alpha value is -1.60. The van der Waals surface area contributed by atoms with Crippen molar-refractivity contribution in [3.05, 3.63) is 28.7 Å². The molecule has 1 aromatic rings. The Balaban J connectivity index is 2.35. The quantitative estimate of drug-likeness (QED) is 0.811. The van der Waals surface area contributed by atoms with Gasteiger partial charge in [-0.1, -0.05) is 15.9 Å². The van der Waals surface area contributed by atoms with Crippen LogP contribution in [0.15, 0.2) is 28.7 Å². The summed E-state index contributed by atoms with van der Waals surface area (Å²) in [6, 6.07) is 6.61. The highest BCUT2D eigenvalue weighted by molar-refractivity contribution is 9.10. The van der Waals surface area contributed by atoms with Crippen LogP contribution in [0.3, 0.4) is 0 Å². The van der Waals surface area contributed by atoms with Crippen molar-refractivity contribution in [3.63, 3.8) is 0 Å². The van der Waals surface area contributed by atoms with Gasteiger partial charge in [-0.15, -0.1) is 0 Å². The summed E-state index contributed by atoms with van der Waals surface area (Å²) < 4.78 is 6.58. The Kier molecular flexibility index (Phi) is 7.18. The molecule has 116 valence electrons. The summed E-state index contributed by atoms with van der Waals surface area (Å²) in [5.41, 5.74) is 0. The van der Waals surface area contributed by atoms with E-state index in [1.54, 1.807) is 14.0 Å². The monoisotopic (exact) mass is 357 g/mol. The second-order valence-corrected chi connectivity index (χ2v) is 5.44. The Labute approximate surface area is 133 Å². The van der Waals surface area contributed by atoms with Gasteiger partial charge in [-0.05, 0) is 38.2 Å². The number of carbonyl (C=O) groups is 2. The van der Waals surface area contributed by atoms with Crippen LogP contribution in [0.5, 0.6) is 5.75 Å². The van der Waals surface area contributed by atoms with Gasteiger partial charge in [0, 0.05) is 18.1 Å². The third-order valence-corrected chi connectivity index (χ3v) is 3.56. The minimum atomic E-state index is -0.508. The van der Waals surface area contributed by atoms with Crippen molar-refractivity contribution in [3.8, 4) is 5.75 Å². The first-order valence-electron chi connectivity index (χ1n) is 6.55. The lowest BCUT2D eigenvalue weighted by Crippen LogP contribution is -2.48. The number of nitrogens with one attached hydrogen (secondary N) is 2. The molecule has 1 rings (SSSR count). The number of amides is 3. The molecule has 6 nitrogen and oxygen atoms in total. The van der Waals surface area contributed by atoms with E-state index in [9.17, 15) is 9.59 Å². The zero-order valence-corrected chi connectivity index (χ0v) is 13.9. The highest BCUT2D eigenvalue weighted by Crippen LogP contribution is 2.15. The fourth-order valence-corrected chi connectivity index (χ4v) is 1.78. The lowest BCUT2D eigenvalue weighted by Gasteiger charge is -2.23. The van der Waals surface area contributed by atoms with Crippen LogP contribution in [0, 0.1) is 0 Å². The fourth-order valence-electron chi connectivity index (χ4n) is 1.51. The van der Waals surface area contributed by atoms with Crippen LogP contribution in [0.25, 0.3) is 0 Å². The molecule has 0 spiro atoms. The van der Waals surface area contributed by atoms with Crippen molar-refractivity contribution in [2.45, 2.75) is 13.0 Å². The number of hydrogen-bond donors (Lipinski definition) is 2. The molecule has 7 heteroatoms. The van der Waals surface area contributed by atoms with Gasteiger partial charge in [-0.2, -0.15) is 0 Å². The molecule has 0 aliphatic heterocycles. The topological polar surface area (TPSA) is 70.7 Å². The molecule has 21 heavy (non-hydrogen) atoms. The molecule has 1 atom stereocenters. The maximum Gasteiger partial charge on any atom is 0.321 e. The van der Waals surface area contributed by atoms with E-state index in [4.69, 9.17) is 4.74 Å². The number of urea groups is 1. The maximum absolute atomic E-state index is 11.8. The minimum Gasteiger partial charge on any atom is -0.492 e. The highest BCUT2D eigenvalue weighted by atomic mass is 79.9. The number of rotatable bonds is 6. The maximum atomic E-state index is 11.8. The summed E-state index contributed by atoms with van der Waals surface area (Å²) in [6.45, 7) is 2.76. The van der Waals surface area contributed by atoms with Gasteiger partial charge >= 0.3 is 6.03 Å². The average molecular weight is 358 g/mol. The molecule has 0 aliphatic carbocycles. The third-order valence-electron chi connectivity index (χ3n) is 3.03. The summed E-state index contributed by atoms with van der Waals surface area (Å²) in [6.07, 6.45) is 0. The molecule has 1 unspecified atom stereocenters. The zero-order valence-electron chi connectivity index (χ0n) is 12.4. The number of carbonyl (C=O) groups excluding carboxylic acids is 2. The number of halogens is 1. The van der Waals surface area contributed by atoms with Crippen LogP contribution >= 0.6 is 15.9 Å². The van der Waals surface area contributed by atoms with E-state index >= 15 is 0 Å². The van der Waals surface area contributed by atoms with E-state index in [0.717, 1.165) is 10.2 Å². The number of likely N-dealkylation sites (N-methyl/N-ethyl adjacent to an activating group) is 1. The predicted octanol–water partition coefficient (Wildman–Crippen LogP) is 1.60. The SMILES string of the molecule is CNC(=O)NC(=O)C(C)N(C)CCOc1ccc(Br)cc1. The van der Waals surface area contributed by atoms with E-state index in [1.165, 1.54) is 7.05 Å². The Bertz CT molecular complexity index is 479. The van der Waals surface area contributed by atoms with E-state index in [2.05, 4.69) is 26.6 Å². The molecule has 2 N–H and O–H groups in total. The van der Waals surface area contributed by atoms with Gasteiger partial charge in [-0.25, -0.2) is 4.79 Å². The molecule has 3 amide bonds. The summed E-state index contributed by atoms with van der Waals surface area (Å²) in [5.74, 6) is 0.426. The fraction of sp³-hybridized carbons (Fsp3) is 0.429. The van der Waals surface area contributed by atoms with Crippen LogP contribution in [0.4, 0.5) is 4.79 Å². The number of benzene rings is 1. The standard InChI is InChI=1S/C14H20BrN3O3/c1-10(13(19)17-14(20)16-2)18(3)8-9-21-12-6-4-11(15)5-7-12/h4-7,10H,8-9H2,1-3H3,(H2,16,17,19,20). The van der Waals surface area contributed by atoms with E-state index in [0.29, 0.717) is 13.2 Å². The van der Waals surface area contributed by atoms with Gasteiger partial charge in [-0.3, -0.25) is 15.0 Å². The third kappa shape index (κ3) is 6.14. The van der Waals surface area contributed by atoms with E-state index in [1.807, 2.05) is 29.2 Å². The van der Waals surface area contributed by atoms with Crippen molar-refractivity contribution in [1.29, 1.82) is 0 Å². The summed E-state index contributed by atoms with van der Waals surface area (Å²) in [4.78, 5) is 24.7. The summed E-state index contributed by atoms with van der Waals surface area (Å²) in [7, 11) is 3.27. The molecule has 0 aromatic heterocycles. The molecule has 0 saturated carbocycles. The summed E-state index contributed by atoms with van der Waals surface area (Å²) in [5, 5.41) is 4.59. The van der Waals surface area contributed by atoms with Gasteiger partial charge in [0.1, 0.15) is 12.4 Å². The van der Waals surface area contributed by atoms with Gasteiger partial charge in [0.25, 0.3) is 0 Å². The van der Waals surface area contributed by atoms with Crippen molar-refractivity contribution in [2.75, 3.05) is 27.2 Å². The van der Waals surface area contributed by atoms with Gasteiger partial charge in [0.2, 0.25) is 5.91 Å². The van der Waals surface area contributed by atoms with Crippen molar-refractivity contribution >= 4 is 27.9 Å². The second kappa shape index (κ2) is 8.63. The molecule has 0 saturated heterocycles. The lowest BCUT2D eigenvalue weighted by atomic mass is 10.3. The Morgan fingerprint density at radius 1 is 1.33 bits per heavy atom. The minimum absolute atomic E-state index is 0.347. The van der Waals surface area contributed by atoms with Crippen LogP contribution in [-0.4, -0.2) is 50.1 Å². The highest BCUT2D eigenvalue weighted by Gasteiger charge is 2.19. The largest absolute Gasteiger partial charge is 0.492 e. The van der Waals surface area contributed by atoms with Crippen molar-refractivity contribution in [2.24, 2.45) is 0 Å². The number of hydrogen-bond acceptors (Lipinski definition) is 4. The van der Waals surface area contributed by atoms with Crippen LogP contribution < -0.4 is 15.4 Å². The Morgan fingerprint density at radius 2 is 1.95 bits per heavy atom. The van der Waals surface area contributed by atoms with E-state index < -0.39 is 12.1 Å². The van der Waals surface area contributed by atoms with Crippen LogP contribution in [-0.2, 0) is 4.79 Å². The normalized spacial score (nSPS) is 11.9.